The SMILES string of the molecule is O=C(COCCOc1ccccc1)Nc1ccc(-c2ncccn2)cc1. The van der Waals surface area contributed by atoms with E-state index in [-0.39, 0.29) is 12.5 Å². The first-order valence-corrected chi connectivity index (χ1v) is 8.24. The van der Waals surface area contributed by atoms with Gasteiger partial charge in [-0.05, 0) is 42.5 Å². The van der Waals surface area contributed by atoms with Crippen LogP contribution in [0.4, 0.5) is 5.69 Å². The number of carbonyl (C=O) groups excluding carboxylic acids is 1. The lowest BCUT2D eigenvalue weighted by molar-refractivity contribution is -0.120. The Morgan fingerprint density at radius 2 is 1.62 bits per heavy atom. The molecule has 1 amide bonds. The van der Waals surface area contributed by atoms with Gasteiger partial charge in [0.05, 0.1) is 6.61 Å². The number of ether oxygens (including phenoxy) is 2. The number of hydrogen-bond donors (Lipinski definition) is 1. The quantitative estimate of drug-likeness (QED) is 0.632. The van der Waals surface area contributed by atoms with Crippen LogP contribution in [0.3, 0.4) is 0 Å². The third-order valence-electron chi connectivity index (χ3n) is 3.47. The zero-order valence-electron chi connectivity index (χ0n) is 14.2. The predicted molar refractivity (Wildman–Crippen MR) is 98.9 cm³/mol. The Morgan fingerprint density at radius 3 is 2.35 bits per heavy atom. The summed E-state index contributed by atoms with van der Waals surface area (Å²) in [5.41, 5.74) is 1.58. The molecule has 0 unspecified atom stereocenters. The van der Waals surface area contributed by atoms with Crippen molar-refractivity contribution < 1.29 is 14.3 Å². The van der Waals surface area contributed by atoms with Crippen LogP contribution >= 0.6 is 0 Å². The van der Waals surface area contributed by atoms with Crippen LogP contribution in [-0.4, -0.2) is 35.7 Å². The molecule has 6 nitrogen and oxygen atoms in total. The lowest BCUT2D eigenvalue weighted by Gasteiger charge is -2.08. The summed E-state index contributed by atoms with van der Waals surface area (Å²) < 4.78 is 10.8. The largest absolute Gasteiger partial charge is 0.491 e. The van der Waals surface area contributed by atoms with Crippen LogP contribution in [0.2, 0.25) is 0 Å². The summed E-state index contributed by atoms with van der Waals surface area (Å²) in [5.74, 6) is 1.21. The Kier molecular flexibility index (Phi) is 6.28. The van der Waals surface area contributed by atoms with Gasteiger partial charge in [-0.2, -0.15) is 0 Å². The molecule has 0 saturated heterocycles. The molecule has 26 heavy (non-hydrogen) atoms. The van der Waals surface area contributed by atoms with Gasteiger partial charge in [0.25, 0.3) is 0 Å². The molecule has 0 aliphatic carbocycles. The molecule has 0 atom stereocenters. The Hall–Kier alpha value is -3.25. The van der Waals surface area contributed by atoms with Crippen LogP contribution in [0.25, 0.3) is 11.4 Å². The smallest absolute Gasteiger partial charge is 0.250 e. The highest BCUT2D eigenvalue weighted by atomic mass is 16.5. The van der Waals surface area contributed by atoms with Gasteiger partial charge in [-0.3, -0.25) is 4.79 Å². The third kappa shape index (κ3) is 5.39. The second-order valence-corrected chi connectivity index (χ2v) is 5.41. The van der Waals surface area contributed by atoms with E-state index in [1.165, 1.54) is 0 Å². The van der Waals surface area contributed by atoms with Crippen LogP contribution in [-0.2, 0) is 9.53 Å². The van der Waals surface area contributed by atoms with Gasteiger partial charge in [-0.15, -0.1) is 0 Å². The average Bonchev–Trinajstić information content (AvgIpc) is 2.70. The summed E-state index contributed by atoms with van der Waals surface area (Å²) >= 11 is 0. The fraction of sp³-hybridized carbons (Fsp3) is 0.150. The summed E-state index contributed by atoms with van der Waals surface area (Å²) in [5, 5.41) is 2.78. The van der Waals surface area contributed by atoms with E-state index in [1.54, 1.807) is 18.5 Å². The Bertz CT molecular complexity index is 809. The minimum absolute atomic E-state index is 0.0261. The molecule has 0 bridgehead atoms. The number of hydrogen-bond acceptors (Lipinski definition) is 5. The van der Waals surface area contributed by atoms with Crippen molar-refractivity contribution in [3.05, 3.63) is 73.1 Å². The van der Waals surface area contributed by atoms with E-state index in [9.17, 15) is 4.79 Å². The van der Waals surface area contributed by atoms with E-state index in [0.717, 1.165) is 11.3 Å². The molecule has 0 saturated carbocycles. The van der Waals surface area contributed by atoms with Crippen molar-refractivity contribution in [2.45, 2.75) is 0 Å². The third-order valence-corrected chi connectivity index (χ3v) is 3.47. The highest BCUT2D eigenvalue weighted by Crippen LogP contribution is 2.17. The number of amides is 1. The molecule has 0 spiro atoms. The molecule has 1 aromatic heterocycles. The van der Waals surface area contributed by atoms with E-state index in [1.807, 2.05) is 54.6 Å². The second kappa shape index (κ2) is 9.29. The maximum absolute atomic E-state index is 11.9. The van der Waals surface area contributed by atoms with E-state index in [0.29, 0.717) is 24.7 Å². The van der Waals surface area contributed by atoms with Gasteiger partial charge in [0.1, 0.15) is 19.0 Å². The Morgan fingerprint density at radius 1 is 0.885 bits per heavy atom. The van der Waals surface area contributed by atoms with Crippen LogP contribution in [0.1, 0.15) is 0 Å². The monoisotopic (exact) mass is 349 g/mol. The lowest BCUT2D eigenvalue weighted by Crippen LogP contribution is -2.20. The molecular formula is C20H19N3O3. The normalized spacial score (nSPS) is 10.3. The van der Waals surface area contributed by atoms with Crippen molar-refractivity contribution in [2.75, 3.05) is 25.1 Å². The average molecular weight is 349 g/mol. The summed E-state index contributed by atoms with van der Waals surface area (Å²) in [4.78, 5) is 20.3. The van der Waals surface area contributed by atoms with E-state index in [4.69, 9.17) is 9.47 Å². The molecule has 0 fully saturated rings. The van der Waals surface area contributed by atoms with Crippen LogP contribution < -0.4 is 10.1 Å². The fourth-order valence-corrected chi connectivity index (χ4v) is 2.25. The van der Waals surface area contributed by atoms with Crippen LogP contribution in [0, 0.1) is 0 Å². The van der Waals surface area contributed by atoms with Gasteiger partial charge in [0.2, 0.25) is 5.91 Å². The molecule has 3 aromatic rings. The Labute approximate surface area is 151 Å². The first kappa shape index (κ1) is 17.6. The van der Waals surface area contributed by atoms with Gasteiger partial charge >= 0.3 is 0 Å². The summed E-state index contributed by atoms with van der Waals surface area (Å²) in [6.07, 6.45) is 3.38. The highest BCUT2D eigenvalue weighted by molar-refractivity contribution is 5.91. The maximum Gasteiger partial charge on any atom is 0.250 e. The van der Waals surface area contributed by atoms with E-state index >= 15 is 0 Å². The second-order valence-electron chi connectivity index (χ2n) is 5.41. The lowest BCUT2D eigenvalue weighted by atomic mass is 10.2. The molecule has 132 valence electrons. The molecule has 1 heterocycles. The molecule has 0 aliphatic heterocycles. The zero-order chi connectivity index (χ0) is 18.0. The number of aromatic nitrogens is 2. The fourth-order valence-electron chi connectivity index (χ4n) is 2.25. The number of nitrogens with zero attached hydrogens (tertiary/aromatic N) is 2. The summed E-state index contributed by atoms with van der Waals surface area (Å²) in [6, 6.07) is 18.6. The zero-order valence-corrected chi connectivity index (χ0v) is 14.2. The predicted octanol–water partition coefficient (Wildman–Crippen LogP) is 3.18. The summed E-state index contributed by atoms with van der Waals surface area (Å²) in [6.45, 7) is 0.706. The van der Waals surface area contributed by atoms with Gasteiger partial charge in [-0.1, -0.05) is 18.2 Å². The van der Waals surface area contributed by atoms with Gasteiger partial charge in [0, 0.05) is 23.6 Å². The standard InChI is InChI=1S/C20H19N3O3/c24-19(15-25-13-14-26-18-5-2-1-3-6-18)23-17-9-7-16(8-10-17)20-21-11-4-12-22-20/h1-12H,13-15H2,(H,23,24). The number of nitrogens with one attached hydrogen (secondary N) is 1. The van der Waals surface area contributed by atoms with E-state index in [2.05, 4.69) is 15.3 Å². The molecule has 3 rings (SSSR count). The van der Waals surface area contributed by atoms with Crippen molar-refractivity contribution in [2.24, 2.45) is 0 Å². The van der Waals surface area contributed by atoms with Crippen molar-refractivity contribution in [1.82, 2.24) is 9.97 Å². The topological polar surface area (TPSA) is 73.3 Å². The molecule has 1 N–H and O–H groups in total. The summed E-state index contributed by atoms with van der Waals surface area (Å²) in [7, 11) is 0. The van der Waals surface area contributed by atoms with Crippen molar-refractivity contribution in [3.8, 4) is 17.1 Å². The van der Waals surface area contributed by atoms with Crippen LogP contribution in [0.15, 0.2) is 73.1 Å². The number of rotatable bonds is 8. The van der Waals surface area contributed by atoms with Crippen LogP contribution in [0.5, 0.6) is 5.75 Å². The Balaban J connectivity index is 1.38. The number of anilines is 1. The number of benzene rings is 2. The molecule has 2 aromatic carbocycles. The van der Waals surface area contributed by atoms with Gasteiger partial charge < -0.3 is 14.8 Å². The van der Waals surface area contributed by atoms with Crippen molar-refractivity contribution in [1.29, 1.82) is 0 Å². The number of carbonyl (C=O) groups is 1. The van der Waals surface area contributed by atoms with Gasteiger partial charge in [-0.25, -0.2) is 9.97 Å². The van der Waals surface area contributed by atoms with Crippen molar-refractivity contribution in [3.63, 3.8) is 0 Å². The maximum atomic E-state index is 11.9. The highest BCUT2D eigenvalue weighted by Gasteiger charge is 2.04. The molecule has 0 radical (unpaired) electrons. The molecule has 0 aliphatic rings. The molecular weight excluding hydrogens is 330 g/mol. The minimum atomic E-state index is -0.214. The molecule has 6 heteroatoms. The first-order chi connectivity index (χ1) is 12.8. The van der Waals surface area contributed by atoms with Gasteiger partial charge in [0.15, 0.2) is 5.82 Å². The minimum Gasteiger partial charge on any atom is -0.491 e. The first-order valence-electron chi connectivity index (χ1n) is 8.24. The number of para-hydroxylation sites is 1. The van der Waals surface area contributed by atoms with E-state index < -0.39 is 0 Å². The van der Waals surface area contributed by atoms with Crippen molar-refractivity contribution >= 4 is 11.6 Å².